The third-order valence-electron chi connectivity index (χ3n) is 2.63. The van der Waals surface area contributed by atoms with Crippen LogP contribution in [0.5, 0.6) is 12.0 Å². The predicted octanol–water partition coefficient (Wildman–Crippen LogP) is 2.26. The first-order valence-electron chi connectivity index (χ1n) is 5.74. The normalized spacial score (nSPS) is 10.1. The molecule has 1 heterocycles. The van der Waals surface area contributed by atoms with Crippen LogP contribution >= 0.6 is 0 Å². The molecule has 0 fully saturated rings. The topological polar surface area (TPSA) is 57.1 Å². The van der Waals surface area contributed by atoms with E-state index in [-0.39, 0.29) is 12.0 Å². The lowest BCUT2D eigenvalue weighted by Gasteiger charge is -2.07. The molecular weight excluding hydrogens is 242 g/mol. The zero-order valence-electron chi connectivity index (χ0n) is 11.2. The lowest BCUT2D eigenvalue weighted by Crippen LogP contribution is -2.03. The Kier molecular flexibility index (Phi) is 3.75. The molecule has 0 aliphatic carbocycles. The van der Waals surface area contributed by atoms with Crippen LogP contribution < -0.4 is 9.47 Å². The van der Waals surface area contributed by atoms with Crippen molar-refractivity contribution in [3.05, 3.63) is 47.8 Å². The van der Waals surface area contributed by atoms with Crippen LogP contribution in [0.2, 0.25) is 0 Å². The van der Waals surface area contributed by atoms with Gasteiger partial charge in [0.05, 0.1) is 14.2 Å². The Morgan fingerprint density at radius 3 is 1.95 bits per heavy atom. The Balaban J connectivity index is 2.40. The van der Waals surface area contributed by atoms with Crippen LogP contribution in [-0.4, -0.2) is 29.2 Å². The maximum absolute atomic E-state index is 5.02. The summed E-state index contributed by atoms with van der Waals surface area (Å²) in [6.07, 6.45) is 0. The predicted molar refractivity (Wildman–Crippen MR) is 72.2 cm³/mol. The van der Waals surface area contributed by atoms with E-state index in [0.717, 1.165) is 5.56 Å². The molecule has 1 aromatic carbocycles. The minimum atomic E-state index is 0.204. The van der Waals surface area contributed by atoms with Gasteiger partial charge in [0, 0.05) is 5.57 Å². The minimum Gasteiger partial charge on any atom is -0.467 e. The van der Waals surface area contributed by atoms with E-state index in [9.17, 15) is 0 Å². The highest BCUT2D eigenvalue weighted by Gasteiger charge is 2.11. The molecule has 0 atom stereocenters. The fourth-order valence-electron chi connectivity index (χ4n) is 1.54. The summed E-state index contributed by atoms with van der Waals surface area (Å²) in [4.78, 5) is 12.3. The number of aryl methyl sites for hydroxylation is 1. The molecule has 5 nitrogen and oxygen atoms in total. The Morgan fingerprint density at radius 2 is 1.47 bits per heavy atom. The number of hydrogen-bond donors (Lipinski definition) is 0. The summed E-state index contributed by atoms with van der Waals surface area (Å²) in [5.74, 6) is 0.438. The van der Waals surface area contributed by atoms with E-state index in [2.05, 4.69) is 21.5 Å². The summed E-state index contributed by atoms with van der Waals surface area (Å²) in [6.45, 7) is 6.04. The highest BCUT2D eigenvalue weighted by Crippen LogP contribution is 2.21. The van der Waals surface area contributed by atoms with Crippen LogP contribution in [-0.2, 0) is 0 Å². The number of aromatic nitrogens is 3. The quantitative estimate of drug-likeness (QED) is 0.840. The zero-order valence-corrected chi connectivity index (χ0v) is 11.2. The van der Waals surface area contributed by atoms with E-state index in [4.69, 9.17) is 9.47 Å². The molecular formula is C14H15N3O2. The third kappa shape index (κ3) is 2.88. The smallest absolute Gasteiger partial charge is 0.322 e. The molecule has 19 heavy (non-hydrogen) atoms. The Bertz CT molecular complexity index is 572. The number of benzene rings is 1. The molecule has 0 aliphatic rings. The van der Waals surface area contributed by atoms with E-state index < -0.39 is 0 Å². The van der Waals surface area contributed by atoms with Crippen molar-refractivity contribution < 1.29 is 9.47 Å². The largest absolute Gasteiger partial charge is 0.467 e. The molecule has 0 bridgehead atoms. The fourth-order valence-corrected chi connectivity index (χ4v) is 1.54. The van der Waals surface area contributed by atoms with Gasteiger partial charge in [-0.25, -0.2) is 0 Å². The van der Waals surface area contributed by atoms with Gasteiger partial charge in [0.15, 0.2) is 5.82 Å². The van der Waals surface area contributed by atoms with Crippen molar-refractivity contribution in [1.29, 1.82) is 0 Å². The molecule has 98 valence electrons. The number of hydrogen-bond acceptors (Lipinski definition) is 5. The van der Waals surface area contributed by atoms with Crippen LogP contribution in [0.1, 0.15) is 17.0 Å². The van der Waals surface area contributed by atoms with Gasteiger partial charge in [-0.2, -0.15) is 9.97 Å². The standard InChI is InChI=1S/C14H15N3O2/c1-9-5-7-11(8-6-9)10(2)12-15-13(18-3)17-14(16-12)19-4/h5-8H,2H2,1,3-4H3. The van der Waals surface area contributed by atoms with Gasteiger partial charge in [0.2, 0.25) is 0 Å². The highest BCUT2D eigenvalue weighted by atomic mass is 16.5. The number of rotatable bonds is 4. The molecule has 0 saturated heterocycles. The summed E-state index contributed by atoms with van der Waals surface area (Å²) >= 11 is 0. The van der Waals surface area contributed by atoms with E-state index >= 15 is 0 Å². The van der Waals surface area contributed by atoms with Crippen molar-refractivity contribution in [2.75, 3.05) is 14.2 Å². The van der Waals surface area contributed by atoms with Gasteiger partial charge >= 0.3 is 12.0 Å². The molecule has 0 N–H and O–H groups in total. The Hall–Kier alpha value is -2.43. The van der Waals surface area contributed by atoms with Gasteiger partial charge in [-0.05, 0) is 12.5 Å². The number of ether oxygens (including phenoxy) is 2. The second kappa shape index (κ2) is 5.48. The van der Waals surface area contributed by atoms with Crippen molar-refractivity contribution in [3.8, 4) is 12.0 Å². The number of methoxy groups -OCH3 is 2. The van der Waals surface area contributed by atoms with Crippen molar-refractivity contribution in [1.82, 2.24) is 15.0 Å². The van der Waals surface area contributed by atoms with Gasteiger partial charge in [0.25, 0.3) is 0 Å². The molecule has 5 heteroatoms. The van der Waals surface area contributed by atoms with Crippen molar-refractivity contribution in [2.45, 2.75) is 6.92 Å². The second-order valence-corrected chi connectivity index (χ2v) is 3.98. The second-order valence-electron chi connectivity index (χ2n) is 3.98. The maximum atomic E-state index is 5.02. The minimum absolute atomic E-state index is 0.204. The van der Waals surface area contributed by atoms with Gasteiger partial charge in [0.1, 0.15) is 0 Å². The fraction of sp³-hybridized carbons (Fsp3) is 0.214. The van der Waals surface area contributed by atoms with E-state index in [1.54, 1.807) is 0 Å². The molecule has 2 rings (SSSR count). The summed E-state index contributed by atoms with van der Waals surface area (Å²) < 4.78 is 10.0. The van der Waals surface area contributed by atoms with Crippen LogP contribution in [0.3, 0.4) is 0 Å². The molecule has 0 unspecified atom stereocenters. The summed E-state index contributed by atoms with van der Waals surface area (Å²) in [5, 5.41) is 0. The highest BCUT2D eigenvalue weighted by molar-refractivity contribution is 5.74. The summed E-state index contributed by atoms with van der Waals surface area (Å²) in [7, 11) is 2.99. The first-order valence-corrected chi connectivity index (χ1v) is 5.74. The van der Waals surface area contributed by atoms with E-state index in [0.29, 0.717) is 11.4 Å². The molecule has 0 saturated carbocycles. The SMILES string of the molecule is C=C(c1ccc(C)cc1)c1nc(OC)nc(OC)n1. The number of nitrogens with zero attached hydrogens (tertiary/aromatic N) is 3. The average molecular weight is 257 g/mol. The first-order chi connectivity index (χ1) is 9.13. The summed E-state index contributed by atoms with van der Waals surface area (Å²) in [6, 6.07) is 8.37. The zero-order chi connectivity index (χ0) is 13.8. The Morgan fingerprint density at radius 1 is 0.947 bits per heavy atom. The molecule has 2 aromatic rings. The van der Waals surface area contributed by atoms with Crippen LogP contribution in [0.4, 0.5) is 0 Å². The summed E-state index contributed by atoms with van der Waals surface area (Å²) in [5.41, 5.74) is 2.82. The van der Waals surface area contributed by atoms with Crippen LogP contribution in [0.15, 0.2) is 30.8 Å². The van der Waals surface area contributed by atoms with Gasteiger partial charge in [-0.3, -0.25) is 0 Å². The van der Waals surface area contributed by atoms with Crippen molar-refractivity contribution >= 4 is 5.57 Å². The van der Waals surface area contributed by atoms with Gasteiger partial charge < -0.3 is 9.47 Å². The molecule has 0 spiro atoms. The molecule has 0 amide bonds. The van der Waals surface area contributed by atoms with E-state index in [1.165, 1.54) is 19.8 Å². The van der Waals surface area contributed by atoms with Gasteiger partial charge in [-0.1, -0.05) is 36.4 Å². The first kappa shape index (κ1) is 13.0. The monoisotopic (exact) mass is 257 g/mol. The average Bonchev–Trinajstić information content (AvgIpc) is 2.46. The van der Waals surface area contributed by atoms with Crippen molar-refractivity contribution in [2.24, 2.45) is 0 Å². The lowest BCUT2D eigenvalue weighted by molar-refractivity contribution is 0.339. The van der Waals surface area contributed by atoms with Crippen LogP contribution in [0.25, 0.3) is 5.57 Å². The van der Waals surface area contributed by atoms with Crippen molar-refractivity contribution in [3.63, 3.8) is 0 Å². The van der Waals surface area contributed by atoms with Crippen LogP contribution in [0, 0.1) is 6.92 Å². The maximum Gasteiger partial charge on any atom is 0.322 e. The molecule has 0 radical (unpaired) electrons. The third-order valence-corrected chi connectivity index (χ3v) is 2.63. The Labute approximate surface area is 112 Å². The van der Waals surface area contributed by atoms with E-state index in [1.807, 2.05) is 31.2 Å². The van der Waals surface area contributed by atoms with Gasteiger partial charge in [-0.15, -0.1) is 4.98 Å². The molecule has 0 aliphatic heterocycles. The molecule has 1 aromatic heterocycles. The lowest BCUT2D eigenvalue weighted by atomic mass is 10.1.